The van der Waals surface area contributed by atoms with Crippen molar-refractivity contribution in [2.75, 3.05) is 11.9 Å². The van der Waals surface area contributed by atoms with Crippen molar-refractivity contribution in [2.45, 2.75) is 6.10 Å². The Labute approximate surface area is 96.3 Å². The van der Waals surface area contributed by atoms with Gasteiger partial charge in [-0.05, 0) is 24.3 Å². The van der Waals surface area contributed by atoms with Crippen molar-refractivity contribution in [3.63, 3.8) is 0 Å². The molecule has 0 bridgehead atoms. The van der Waals surface area contributed by atoms with Gasteiger partial charge >= 0.3 is 5.69 Å². The molecule has 0 amide bonds. The van der Waals surface area contributed by atoms with Gasteiger partial charge in [0.2, 0.25) is 0 Å². The molecule has 1 aromatic carbocycles. The fourth-order valence-electron chi connectivity index (χ4n) is 1.42. The van der Waals surface area contributed by atoms with Gasteiger partial charge in [-0.25, -0.2) is 9.18 Å². The van der Waals surface area contributed by atoms with E-state index in [0.717, 1.165) is 0 Å². The van der Waals surface area contributed by atoms with E-state index in [1.807, 2.05) is 0 Å². The lowest BCUT2D eigenvalue weighted by molar-refractivity contribution is 0.187. The maximum atomic E-state index is 12.6. The summed E-state index contributed by atoms with van der Waals surface area (Å²) in [5.74, 6) is -0.314. The van der Waals surface area contributed by atoms with Gasteiger partial charge in [-0.15, -0.1) is 0 Å². The number of halogens is 1. The summed E-state index contributed by atoms with van der Waals surface area (Å²) in [6.45, 7) is 0.222. The molecule has 1 aromatic heterocycles. The molecule has 0 spiro atoms. The molecule has 1 atom stereocenters. The average molecular weight is 237 g/mol. The Morgan fingerprint density at radius 3 is 2.65 bits per heavy atom. The molecule has 0 saturated heterocycles. The first-order chi connectivity index (χ1) is 8.15. The molecular weight excluding hydrogens is 225 g/mol. The topological polar surface area (TPSA) is 80.9 Å². The highest BCUT2D eigenvalue weighted by molar-refractivity contribution is 5.42. The SMILES string of the molecule is O=c1[nH]cc(C(O)CNc2ccc(F)cc2)[nH]1. The zero-order valence-electron chi connectivity index (χ0n) is 8.90. The predicted octanol–water partition coefficient (Wildman–Crippen LogP) is 0.988. The number of hydrogen-bond donors (Lipinski definition) is 4. The molecule has 5 nitrogen and oxygen atoms in total. The maximum absolute atomic E-state index is 12.6. The fraction of sp³-hybridized carbons (Fsp3) is 0.182. The van der Waals surface area contributed by atoms with E-state index in [1.165, 1.54) is 18.3 Å². The number of hydrogen-bond acceptors (Lipinski definition) is 3. The highest BCUT2D eigenvalue weighted by atomic mass is 19.1. The number of imidazole rings is 1. The number of aliphatic hydroxyl groups excluding tert-OH is 1. The highest BCUT2D eigenvalue weighted by Gasteiger charge is 2.08. The van der Waals surface area contributed by atoms with Crippen LogP contribution in [0.25, 0.3) is 0 Å². The van der Waals surface area contributed by atoms with Crippen LogP contribution in [0.5, 0.6) is 0 Å². The Balaban J connectivity index is 1.94. The average Bonchev–Trinajstić information content (AvgIpc) is 2.75. The standard InChI is InChI=1S/C11H12FN3O2/c12-7-1-3-8(4-2-7)13-6-10(16)9-5-14-11(17)15-9/h1-5,10,13,16H,6H2,(H2,14,15,17). The van der Waals surface area contributed by atoms with E-state index < -0.39 is 6.10 Å². The number of nitrogens with one attached hydrogen (secondary N) is 3. The van der Waals surface area contributed by atoms with Gasteiger partial charge in [0.25, 0.3) is 0 Å². The largest absolute Gasteiger partial charge is 0.385 e. The van der Waals surface area contributed by atoms with Crippen LogP contribution in [0.4, 0.5) is 10.1 Å². The van der Waals surface area contributed by atoms with Crippen LogP contribution in [0, 0.1) is 5.82 Å². The lowest BCUT2D eigenvalue weighted by atomic mass is 10.2. The van der Waals surface area contributed by atoms with E-state index in [2.05, 4.69) is 15.3 Å². The van der Waals surface area contributed by atoms with Crippen LogP contribution < -0.4 is 11.0 Å². The molecule has 0 aliphatic rings. The summed E-state index contributed by atoms with van der Waals surface area (Å²) in [7, 11) is 0. The Morgan fingerprint density at radius 2 is 2.06 bits per heavy atom. The molecule has 0 radical (unpaired) electrons. The van der Waals surface area contributed by atoms with E-state index in [0.29, 0.717) is 11.4 Å². The van der Waals surface area contributed by atoms with E-state index in [9.17, 15) is 14.3 Å². The monoisotopic (exact) mass is 237 g/mol. The lowest BCUT2D eigenvalue weighted by Gasteiger charge is -2.10. The second kappa shape index (κ2) is 4.84. The van der Waals surface area contributed by atoms with Gasteiger partial charge in [0.05, 0.1) is 5.69 Å². The minimum absolute atomic E-state index is 0.222. The predicted molar refractivity (Wildman–Crippen MR) is 61.3 cm³/mol. The van der Waals surface area contributed by atoms with Crippen molar-refractivity contribution in [3.8, 4) is 0 Å². The molecule has 4 N–H and O–H groups in total. The van der Waals surface area contributed by atoms with Gasteiger partial charge in [-0.1, -0.05) is 0 Å². The van der Waals surface area contributed by atoms with E-state index in [4.69, 9.17) is 0 Å². The van der Waals surface area contributed by atoms with Crippen LogP contribution in [0.2, 0.25) is 0 Å². The minimum Gasteiger partial charge on any atom is -0.385 e. The molecule has 0 aliphatic carbocycles. The Hall–Kier alpha value is -2.08. The van der Waals surface area contributed by atoms with Gasteiger partial charge < -0.3 is 20.4 Å². The van der Waals surface area contributed by atoms with Crippen LogP contribution >= 0.6 is 0 Å². The van der Waals surface area contributed by atoms with Crippen LogP contribution in [0.3, 0.4) is 0 Å². The summed E-state index contributed by atoms with van der Waals surface area (Å²) >= 11 is 0. The summed E-state index contributed by atoms with van der Waals surface area (Å²) in [5, 5.41) is 12.6. The van der Waals surface area contributed by atoms with Crippen molar-refractivity contribution in [1.82, 2.24) is 9.97 Å². The summed E-state index contributed by atoms with van der Waals surface area (Å²) in [6, 6.07) is 5.80. The maximum Gasteiger partial charge on any atom is 0.323 e. The third-order valence-electron chi connectivity index (χ3n) is 2.32. The summed E-state index contributed by atoms with van der Waals surface area (Å²) in [4.78, 5) is 15.7. The second-order valence-electron chi connectivity index (χ2n) is 3.60. The first kappa shape index (κ1) is 11.4. The summed E-state index contributed by atoms with van der Waals surface area (Å²) in [5.41, 5.74) is 0.744. The number of anilines is 1. The zero-order chi connectivity index (χ0) is 12.3. The van der Waals surface area contributed by atoms with E-state index in [1.54, 1.807) is 12.1 Å². The van der Waals surface area contributed by atoms with Crippen molar-refractivity contribution in [2.24, 2.45) is 0 Å². The smallest absolute Gasteiger partial charge is 0.323 e. The number of benzene rings is 1. The Bertz CT molecular complexity index is 532. The van der Waals surface area contributed by atoms with Crippen molar-refractivity contribution in [3.05, 3.63) is 52.5 Å². The van der Waals surface area contributed by atoms with Crippen LogP contribution in [0.1, 0.15) is 11.8 Å². The van der Waals surface area contributed by atoms with Crippen molar-refractivity contribution >= 4 is 5.69 Å². The van der Waals surface area contributed by atoms with E-state index >= 15 is 0 Å². The van der Waals surface area contributed by atoms with E-state index in [-0.39, 0.29) is 18.1 Å². The Kier molecular flexibility index (Phi) is 3.24. The highest BCUT2D eigenvalue weighted by Crippen LogP contribution is 2.11. The molecule has 1 unspecified atom stereocenters. The molecule has 17 heavy (non-hydrogen) atoms. The van der Waals surface area contributed by atoms with Crippen LogP contribution in [-0.4, -0.2) is 21.6 Å². The molecule has 2 rings (SSSR count). The van der Waals surface area contributed by atoms with Gasteiger partial charge in [0, 0.05) is 18.4 Å². The zero-order valence-corrected chi connectivity index (χ0v) is 8.90. The van der Waals surface area contributed by atoms with Gasteiger partial charge in [0.15, 0.2) is 0 Å². The first-order valence-corrected chi connectivity index (χ1v) is 5.10. The molecule has 2 aromatic rings. The normalized spacial score (nSPS) is 12.4. The minimum atomic E-state index is -0.834. The van der Waals surface area contributed by atoms with Crippen molar-refractivity contribution < 1.29 is 9.50 Å². The number of aromatic amines is 2. The number of rotatable bonds is 4. The third kappa shape index (κ3) is 2.94. The first-order valence-electron chi connectivity index (χ1n) is 5.10. The molecule has 0 fully saturated rings. The van der Waals surface area contributed by atoms with Gasteiger partial charge in [0.1, 0.15) is 11.9 Å². The molecular formula is C11H12FN3O2. The van der Waals surface area contributed by atoms with Gasteiger partial charge in [-0.3, -0.25) is 0 Å². The molecule has 0 saturated carbocycles. The second-order valence-corrected chi connectivity index (χ2v) is 3.60. The number of aromatic nitrogens is 2. The molecule has 1 heterocycles. The van der Waals surface area contributed by atoms with Crippen LogP contribution in [0.15, 0.2) is 35.3 Å². The third-order valence-corrected chi connectivity index (χ3v) is 2.32. The van der Waals surface area contributed by atoms with Crippen LogP contribution in [-0.2, 0) is 0 Å². The number of H-pyrrole nitrogens is 2. The molecule has 6 heteroatoms. The summed E-state index contributed by atoms with van der Waals surface area (Å²) < 4.78 is 12.6. The Morgan fingerprint density at radius 1 is 1.35 bits per heavy atom. The lowest BCUT2D eigenvalue weighted by Crippen LogP contribution is -2.13. The quantitative estimate of drug-likeness (QED) is 0.640. The molecule has 0 aliphatic heterocycles. The molecule has 90 valence electrons. The van der Waals surface area contributed by atoms with Gasteiger partial charge in [-0.2, -0.15) is 0 Å². The fourth-order valence-corrected chi connectivity index (χ4v) is 1.42. The summed E-state index contributed by atoms with van der Waals surface area (Å²) in [6.07, 6.45) is 0.582. The number of aliphatic hydroxyl groups is 1. The van der Waals surface area contributed by atoms with Crippen molar-refractivity contribution in [1.29, 1.82) is 0 Å².